The Morgan fingerprint density at radius 1 is 0.828 bits per heavy atom. The summed E-state index contributed by atoms with van der Waals surface area (Å²) < 4.78 is 5.53. The first-order chi connectivity index (χ1) is 14.1. The van der Waals surface area contributed by atoms with Crippen LogP contribution < -0.4 is 15.4 Å². The number of amides is 2. The Morgan fingerprint density at radius 2 is 1.41 bits per heavy atom. The van der Waals surface area contributed by atoms with Gasteiger partial charge in [0.25, 0.3) is 11.8 Å². The molecule has 0 aromatic heterocycles. The molecule has 148 valence electrons. The van der Waals surface area contributed by atoms with Crippen molar-refractivity contribution in [3.05, 3.63) is 95.6 Å². The average Bonchev–Trinajstić information content (AvgIpc) is 2.76. The van der Waals surface area contributed by atoms with Crippen LogP contribution in [0, 0.1) is 0 Å². The fourth-order valence-electron chi connectivity index (χ4n) is 2.92. The molecule has 0 aliphatic heterocycles. The summed E-state index contributed by atoms with van der Waals surface area (Å²) in [5.74, 6) is 0.172. The molecule has 2 amide bonds. The van der Waals surface area contributed by atoms with Gasteiger partial charge in [-0.15, -0.1) is 0 Å². The third kappa shape index (κ3) is 5.23. The Labute approximate surface area is 170 Å². The van der Waals surface area contributed by atoms with Crippen LogP contribution >= 0.6 is 0 Å². The van der Waals surface area contributed by atoms with Crippen molar-refractivity contribution >= 4 is 17.5 Å². The largest absolute Gasteiger partial charge is 0.492 e. The summed E-state index contributed by atoms with van der Waals surface area (Å²) in [6.45, 7) is 4.34. The zero-order chi connectivity index (χ0) is 20.6. The molecule has 0 aliphatic carbocycles. The fourth-order valence-corrected chi connectivity index (χ4v) is 2.92. The summed E-state index contributed by atoms with van der Waals surface area (Å²) in [6.07, 6.45) is 0. The van der Waals surface area contributed by atoms with Crippen LogP contribution in [0.25, 0.3) is 0 Å². The lowest BCUT2D eigenvalue weighted by Crippen LogP contribution is -2.26. The number of ether oxygens (including phenoxy) is 1. The molecule has 0 heterocycles. The minimum Gasteiger partial charge on any atom is -0.492 e. The van der Waals surface area contributed by atoms with Gasteiger partial charge in [-0.1, -0.05) is 42.5 Å². The molecule has 5 nitrogen and oxygen atoms in total. The van der Waals surface area contributed by atoms with Gasteiger partial charge in [0.05, 0.1) is 18.3 Å². The number of hydrogen-bond acceptors (Lipinski definition) is 3. The molecule has 3 aromatic carbocycles. The van der Waals surface area contributed by atoms with Gasteiger partial charge in [-0.05, 0) is 55.8 Å². The maximum absolute atomic E-state index is 12.5. The van der Waals surface area contributed by atoms with Gasteiger partial charge in [-0.2, -0.15) is 0 Å². The topological polar surface area (TPSA) is 67.4 Å². The van der Waals surface area contributed by atoms with Crippen LogP contribution in [0.15, 0.2) is 78.9 Å². The highest BCUT2D eigenvalue weighted by Crippen LogP contribution is 2.24. The zero-order valence-electron chi connectivity index (χ0n) is 16.5. The van der Waals surface area contributed by atoms with Gasteiger partial charge >= 0.3 is 0 Å². The number of para-hydroxylation sites is 2. The Morgan fingerprint density at radius 3 is 2.07 bits per heavy atom. The van der Waals surface area contributed by atoms with E-state index >= 15 is 0 Å². The molecular weight excluding hydrogens is 364 g/mol. The lowest BCUT2D eigenvalue weighted by molar-refractivity contribution is 0.0938. The van der Waals surface area contributed by atoms with Crippen LogP contribution in [-0.4, -0.2) is 18.4 Å². The molecule has 3 aromatic rings. The average molecular weight is 388 g/mol. The molecular formula is C24H24N2O3. The molecule has 2 N–H and O–H groups in total. The first-order valence-electron chi connectivity index (χ1n) is 9.57. The molecule has 0 saturated carbocycles. The Kier molecular flexibility index (Phi) is 6.63. The highest BCUT2D eigenvalue weighted by molar-refractivity contribution is 6.05. The van der Waals surface area contributed by atoms with E-state index in [1.807, 2.05) is 56.3 Å². The van der Waals surface area contributed by atoms with Crippen LogP contribution in [0.1, 0.15) is 46.2 Å². The molecule has 0 fully saturated rings. The molecule has 3 rings (SSSR count). The first-order valence-corrected chi connectivity index (χ1v) is 9.57. The summed E-state index contributed by atoms with van der Waals surface area (Å²) in [4.78, 5) is 25.0. The van der Waals surface area contributed by atoms with Crippen molar-refractivity contribution < 1.29 is 14.3 Å². The number of anilines is 1. The molecule has 5 heteroatoms. The van der Waals surface area contributed by atoms with E-state index in [1.165, 1.54) is 0 Å². The lowest BCUT2D eigenvalue weighted by Gasteiger charge is -2.14. The molecule has 1 unspecified atom stereocenters. The van der Waals surface area contributed by atoms with Crippen molar-refractivity contribution in [1.82, 2.24) is 5.32 Å². The third-order valence-electron chi connectivity index (χ3n) is 4.49. The van der Waals surface area contributed by atoms with Crippen molar-refractivity contribution in [3.63, 3.8) is 0 Å². The molecule has 1 atom stereocenters. The van der Waals surface area contributed by atoms with Crippen LogP contribution in [0.4, 0.5) is 5.69 Å². The van der Waals surface area contributed by atoms with E-state index in [0.29, 0.717) is 29.2 Å². The molecule has 0 aliphatic rings. The second kappa shape index (κ2) is 9.55. The SMILES string of the molecule is CCOc1ccccc1NC(=O)c1ccc(C(=O)NC(C)c2ccccc2)cc1. The Bertz CT molecular complexity index is 969. The number of carbonyl (C=O) groups excluding carboxylic acids is 2. The van der Waals surface area contributed by atoms with Gasteiger partial charge in [0.1, 0.15) is 5.75 Å². The maximum Gasteiger partial charge on any atom is 0.255 e. The fraction of sp³-hybridized carbons (Fsp3) is 0.167. The summed E-state index contributed by atoms with van der Waals surface area (Å²) in [5.41, 5.74) is 2.60. The van der Waals surface area contributed by atoms with Crippen LogP contribution in [0.5, 0.6) is 5.75 Å². The van der Waals surface area contributed by atoms with E-state index < -0.39 is 0 Å². The van der Waals surface area contributed by atoms with Crippen LogP contribution in [0.2, 0.25) is 0 Å². The second-order valence-corrected chi connectivity index (χ2v) is 6.57. The van der Waals surface area contributed by atoms with E-state index in [2.05, 4.69) is 10.6 Å². The van der Waals surface area contributed by atoms with Crippen molar-refractivity contribution in [2.75, 3.05) is 11.9 Å². The van der Waals surface area contributed by atoms with Crippen LogP contribution in [-0.2, 0) is 0 Å². The van der Waals surface area contributed by atoms with Crippen molar-refractivity contribution in [3.8, 4) is 5.75 Å². The predicted octanol–water partition coefficient (Wildman–Crippen LogP) is 4.83. The molecule has 0 saturated heterocycles. The molecule has 0 bridgehead atoms. The quantitative estimate of drug-likeness (QED) is 0.609. The Balaban J connectivity index is 1.65. The number of carbonyl (C=O) groups is 2. The highest BCUT2D eigenvalue weighted by Gasteiger charge is 2.13. The lowest BCUT2D eigenvalue weighted by atomic mass is 10.1. The standard InChI is InChI=1S/C24H24N2O3/c1-3-29-22-12-8-7-11-21(22)26-24(28)20-15-13-19(14-16-20)23(27)25-17(2)18-9-5-4-6-10-18/h4-17H,3H2,1-2H3,(H,25,27)(H,26,28). The predicted molar refractivity (Wildman–Crippen MR) is 114 cm³/mol. The number of benzene rings is 3. The Hall–Kier alpha value is -3.60. The monoisotopic (exact) mass is 388 g/mol. The summed E-state index contributed by atoms with van der Waals surface area (Å²) in [5, 5.41) is 5.82. The summed E-state index contributed by atoms with van der Waals surface area (Å²) >= 11 is 0. The van der Waals surface area contributed by atoms with E-state index in [0.717, 1.165) is 5.56 Å². The normalized spacial score (nSPS) is 11.4. The van der Waals surface area contributed by atoms with Crippen molar-refractivity contribution in [2.45, 2.75) is 19.9 Å². The second-order valence-electron chi connectivity index (χ2n) is 6.57. The summed E-state index contributed by atoms with van der Waals surface area (Å²) in [6, 6.07) is 23.5. The first kappa shape index (κ1) is 20.1. The number of hydrogen-bond donors (Lipinski definition) is 2. The van der Waals surface area contributed by atoms with Gasteiger partial charge < -0.3 is 15.4 Å². The van der Waals surface area contributed by atoms with Gasteiger partial charge in [0.15, 0.2) is 0 Å². The zero-order valence-corrected chi connectivity index (χ0v) is 16.5. The van der Waals surface area contributed by atoms with Gasteiger partial charge in [0, 0.05) is 11.1 Å². The van der Waals surface area contributed by atoms with Gasteiger partial charge in [-0.25, -0.2) is 0 Å². The third-order valence-corrected chi connectivity index (χ3v) is 4.49. The van der Waals surface area contributed by atoms with E-state index in [-0.39, 0.29) is 17.9 Å². The molecule has 29 heavy (non-hydrogen) atoms. The molecule has 0 spiro atoms. The minimum absolute atomic E-state index is 0.109. The minimum atomic E-state index is -0.262. The van der Waals surface area contributed by atoms with Crippen LogP contribution in [0.3, 0.4) is 0 Å². The van der Waals surface area contributed by atoms with E-state index in [9.17, 15) is 9.59 Å². The van der Waals surface area contributed by atoms with E-state index in [1.54, 1.807) is 36.4 Å². The van der Waals surface area contributed by atoms with E-state index in [4.69, 9.17) is 4.74 Å². The molecule has 0 radical (unpaired) electrons. The van der Waals surface area contributed by atoms with Crippen molar-refractivity contribution in [2.24, 2.45) is 0 Å². The summed E-state index contributed by atoms with van der Waals surface area (Å²) in [7, 11) is 0. The maximum atomic E-state index is 12.5. The number of nitrogens with one attached hydrogen (secondary N) is 2. The number of rotatable bonds is 7. The highest BCUT2D eigenvalue weighted by atomic mass is 16.5. The van der Waals surface area contributed by atoms with Gasteiger partial charge in [-0.3, -0.25) is 9.59 Å². The van der Waals surface area contributed by atoms with Gasteiger partial charge in [0.2, 0.25) is 0 Å². The van der Waals surface area contributed by atoms with Crippen molar-refractivity contribution in [1.29, 1.82) is 0 Å². The smallest absolute Gasteiger partial charge is 0.255 e.